The number of Topliss-reactive ketones (excluding diaryl/α,β-unsaturated/α-hetero) is 1. The minimum Gasteiger partial charge on any atom is -0.497 e. The first-order valence-corrected chi connectivity index (χ1v) is 4.75. The van der Waals surface area contributed by atoms with E-state index in [0.717, 1.165) is 0 Å². The summed E-state index contributed by atoms with van der Waals surface area (Å²) in [5.74, 6) is 0.865. The lowest BCUT2D eigenvalue weighted by molar-refractivity contribution is 0.0989. The van der Waals surface area contributed by atoms with Gasteiger partial charge in [0.1, 0.15) is 5.75 Å². The molecule has 4 heteroatoms. The number of rotatable bonds is 4. The molecular formula is C10H12ClNO2. The highest BCUT2D eigenvalue weighted by Gasteiger charge is 2.09. The van der Waals surface area contributed by atoms with Crippen LogP contribution in [-0.4, -0.2) is 18.8 Å². The summed E-state index contributed by atoms with van der Waals surface area (Å²) >= 11 is 5.48. The first-order chi connectivity index (χ1) is 6.69. The molecule has 0 unspecified atom stereocenters. The number of ether oxygens (including phenoxy) is 1. The first-order valence-electron chi connectivity index (χ1n) is 4.21. The second-order valence-corrected chi connectivity index (χ2v) is 3.19. The minimum atomic E-state index is -0.0589. The molecule has 0 aromatic heterocycles. The Morgan fingerprint density at radius 2 is 2.29 bits per heavy atom. The molecule has 0 heterocycles. The van der Waals surface area contributed by atoms with Crippen LogP contribution in [0.3, 0.4) is 0 Å². The van der Waals surface area contributed by atoms with E-state index in [-0.39, 0.29) is 5.78 Å². The third kappa shape index (κ3) is 2.39. The molecule has 76 valence electrons. The van der Waals surface area contributed by atoms with Gasteiger partial charge in [0.05, 0.1) is 7.11 Å². The van der Waals surface area contributed by atoms with Crippen molar-refractivity contribution < 1.29 is 9.53 Å². The summed E-state index contributed by atoms with van der Waals surface area (Å²) in [6.45, 7) is 0. The Hall–Kier alpha value is -1.22. The Balaban J connectivity index is 2.99. The summed E-state index contributed by atoms with van der Waals surface area (Å²) in [7, 11) is 1.54. The number of carbonyl (C=O) groups excluding carboxylic acids is 1. The summed E-state index contributed by atoms with van der Waals surface area (Å²) in [5.41, 5.74) is 6.59. The number of hydrogen-bond acceptors (Lipinski definition) is 3. The lowest BCUT2D eigenvalue weighted by Crippen LogP contribution is -2.04. The van der Waals surface area contributed by atoms with Crippen LogP contribution in [0.2, 0.25) is 0 Å². The van der Waals surface area contributed by atoms with Crippen LogP contribution in [0.25, 0.3) is 0 Å². The number of halogens is 1. The van der Waals surface area contributed by atoms with E-state index in [9.17, 15) is 4.79 Å². The molecule has 3 nitrogen and oxygen atoms in total. The van der Waals surface area contributed by atoms with E-state index >= 15 is 0 Å². The Kier molecular flexibility index (Phi) is 3.77. The Morgan fingerprint density at radius 1 is 1.57 bits per heavy atom. The zero-order chi connectivity index (χ0) is 10.6. The average Bonchev–Trinajstić information content (AvgIpc) is 2.19. The molecule has 0 saturated heterocycles. The summed E-state index contributed by atoms with van der Waals surface area (Å²) in [6.07, 6.45) is 0.291. The number of methoxy groups -OCH3 is 1. The molecule has 0 radical (unpaired) electrons. The van der Waals surface area contributed by atoms with Crippen molar-refractivity contribution in [3.63, 3.8) is 0 Å². The van der Waals surface area contributed by atoms with Crippen LogP contribution in [0.15, 0.2) is 18.2 Å². The van der Waals surface area contributed by atoms with Crippen LogP contribution < -0.4 is 10.5 Å². The van der Waals surface area contributed by atoms with Gasteiger partial charge in [0.2, 0.25) is 0 Å². The van der Waals surface area contributed by atoms with Gasteiger partial charge >= 0.3 is 0 Å². The fourth-order valence-corrected chi connectivity index (χ4v) is 1.30. The SMILES string of the molecule is COc1ccc(N)c(C(=O)CCCl)c1. The maximum absolute atomic E-state index is 11.5. The number of hydrogen-bond donors (Lipinski definition) is 1. The molecule has 0 spiro atoms. The molecule has 0 bridgehead atoms. The van der Waals surface area contributed by atoms with Crippen LogP contribution in [0, 0.1) is 0 Å². The molecule has 0 saturated carbocycles. The summed E-state index contributed by atoms with van der Waals surface area (Å²) in [4.78, 5) is 11.5. The average molecular weight is 214 g/mol. The summed E-state index contributed by atoms with van der Waals surface area (Å²) in [5, 5.41) is 0. The number of carbonyl (C=O) groups is 1. The number of anilines is 1. The van der Waals surface area contributed by atoms with E-state index < -0.39 is 0 Å². The van der Waals surface area contributed by atoms with E-state index in [1.165, 1.54) is 0 Å². The molecule has 14 heavy (non-hydrogen) atoms. The molecule has 0 aliphatic heterocycles. The van der Waals surface area contributed by atoms with Gasteiger partial charge in [-0.15, -0.1) is 11.6 Å². The maximum atomic E-state index is 11.5. The zero-order valence-electron chi connectivity index (χ0n) is 7.92. The lowest BCUT2D eigenvalue weighted by atomic mass is 10.1. The van der Waals surface area contributed by atoms with Gasteiger partial charge in [-0.25, -0.2) is 0 Å². The fraction of sp³-hybridized carbons (Fsp3) is 0.300. The van der Waals surface area contributed by atoms with Crippen molar-refractivity contribution in [1.82, 2.24) is 0 Å². The Bertz CT molecular complexity index is 339. The molecule has 0 aliphatic rings. The molecule has 1 rings (SSSR count). The Morgan fingerprint density at radius 3 is 2.86 bits per heavy atom. The van der Waals surface area contributed by atoms with Gasteiger partial charge in [-0.3, -0.25) is 4.79 Å². The molecule has 1 aromatic rings. The number of nitrogens with two attached hydrogens (primary N) is 1. The third-order valence-corrected chi connectivity index (χ3v) is 2.07. The molecule has 0 atom stereocenters. The molecule has 2 N–H and O–H groups in total. The monoisotopic (exact) mass is 213 g/mol. The fourth-order valence-electron chi connectivity index (χ4n) is 1.12. The quantitative estimate of drug-likeness (QED) is 0.473. The third-order valence-electron chi connectivity index (χ3n) is 1.88. The number of benzene rings is 1. The highest BCUT2D eigenvalue weighted by molar-refractivity contribution is 6.19. The largest absolute Gasteiger partial charge is 0.497 e. The second kappa shape index (κ2) is 4.86. The summed E-state index contributed by atoms with van der Waals surface area (Å²) in [6, 6.07) is 5.00. The van der Waals surface area contributed by atoms with Gasteiger partial charge in [-0.1, -0.05) is 0 Å². The maximum Gasteiger partial charge on any atom is 0.166 e. The van der Waals surface area contributed by atoms with Crippen molar-refractivity contribution in [3.8, 4) is 5.75 Å². The minimum absolute atomic E-state index is 0.0589. The number of alkyl halides is 1. The second-order valence-electron chi connectivity index (χ2n) is 2.82. The van der Waals surface area contributed by atoms with E-state index in [0.29, 0.717) is 29.3 Å². The van der Waals surface area contributed by atoms with Gasteiger partial charge < -0.3 is 10.5 Å². The van der Waals surface area contributed by atoms with Gasteiger partial charge in [0.25, 0.3) is 0 Å². The Labute approximate surface area is 87.8 Å². The van der Waals surface area contributed by atoms with Gasteiger partial charge in [-0.05, 0) is 18.2 Å². The molecule has 0 amide bonds. The molecule has 0 aliphatic carbocycles. The lowest BCUT2D eigenvalue weighted by Gasteiger charge is -2.06. The van der Waals surface area contributed by atoms with Crippen LogP contribution >= 0.6 is 11.6 Å². The van der Waals surface area contributed by atoms with Crippen molar-refractivity contribution in [2.24, 2.45) is 0 Å². The smallest absolute Gasteiger partial charge is 0.166 e. The van der Waals surface area contributed by atoms with E-state index in [1.54, 1.807) is 25.3 Å². The van der Waals surface area contributed by atoms with Gasteiger partial charge in [-0.2, -0.15) is 0 Å². The first kappa shape index (κ1) is 10.9. The highest BCUT2D eigenvalue weighted by atomic mass is 35.5. The zero-order valence-corrected chi connectivity index (χ0v) is 8.67. The molecular weight excluding hydrogens is 202 g/mol. The van der Waals surface area contributed by atoms with Crippen LogP contribution in [0.5, 0.6) is 5.75 Å². The van der Waals surface area contributed by atoms with Gasteiger partial charge in [0.15, 0.2) is 5.78 Å². The normalized spacial score (nSPS) is 9.86. The highest BCUT2D eigenvalue weighted by Crippen LogP contribution is 2.20. The van der Waals surface area contributed by atoms with E-state index in [2.05, 4.69) is 0 Å². The number of nitrogen functional groups attached to an aromatic ring is 1. The predicted octanol–water partition coefficient (Wildman–Crippen LogP) is 2.09. The van der Waals surface area contributed by atoms with Crippen LogP contribution in [-0.2, 0) is 0 Å². The predicted molar refractivity (Wildman–Crippen MR) is 57.1 cm³/mol. The van der Waals surface area contributed by atoms with Gasteiger partial charge in [0, 0.05) is 23.6 Å². The molecule has 1 aromatic carbocycles. The molecule has 0 fully saturated rings. The van der Waals surface area contributed by atoms with Crippen LogP contribution in [0.4, 0.5) is 5.69 Å². The van der Waals surface area contributed by atoms with Crippen molar-refractivity contribution in [1.29, 1.82) is 0 Å². The van der Waals surface area contributed by atoms with Crippen molar-refractivity contribution in [3.05, 3.63) is 23.8 Å². The van der Waals surface area contributed by atoms with E-state index in [4.69, 9.17) is 22.1 Å². The topological polar surface area (TPSA) is 52.3 Å². The number of ketones is 1. The summed E-state index contributed by atoms with van der Waals surface area (Å²) < 4.78 is 5.00. The standard InChI is InChI=1S/C10H12ClNO2/c1-14-7-2-3-9(12)8(6-7)10(13)4-5-11/h2-3,6H,4-5,12H2,1H3. The van der Waals surface area contributed by atoms with E-state index in [1.807, 2.05) is 0 Å². The van der Waals surface area contributed by atoms with Crippen molar-refractivity contribution in [2.75, 3.05) is 18.7 Å². The van der Waals surface area contributed by atoms with Crippen LogP contribution in [0.1, 0.15) is 16.8 Å². The van der Waals surface area contributed by atoms with Crippen molar-refractivity contribution >= 4 is 23.1 Å². The van der Waals surface area contributed by atoms with Crippen molar-refractivity contribution in [2.45, 2.75) is 6.42 Å².